The number of halogens is 1. The van der Waals surface area contributed by atoms with Crippen molar-refractivity contribution in [1.29, 1.82) is 0 Å². The van der Waals surface area contributed by atoms with Gasteiger partial charge in [0.15, 0.2) is 0 Å². The van der Waals surface area contributed by atoms with E-state index in [1.165, 1.54) is 6.07 Å². The molecule has 1 amide bonds. The van der Waals surface area contributed by atoms with Crippen LogP contribution in [0.2, 0.25) is 5.02 Å². The van der Waals surface area contributed by atoms with E-state index in [4.69, 9.17) is 22.4 Å². The van der Waals surface area contributed by atoms with Gasteiger partial charge in [-0.1, -0.05) is 11.6 Å². The number of amides is 1. The molecule has 0 spiro atoms. The summed E-state index contributed by atoms with van der Waals surface area (Å²) in [5, 5.41) is 11.9. The van der Waals surface area contributed by atoms with Crippen molar-refractivity contribution < 1.29 is 14.7 Å². The number of anilines is 1. The molecular weight excluding hydrogens is 244 g/mol. The summed E-state index contributed by atoms with van der Waals surface area (Å²) in [5.41, 5.74) is 6.07. The Morgan fingerprint density at radius 2 is 2.12 bits per heavy atom. The molecule has 0 aliphatic rings. The Balaban J connectivity index is 2.64. The minimum Gasteiger partial charge on any atom is -0.481 e. The highest BCUT2D eigenvalue weighted by molar-refractivity contribution is 6.31. The third-order valence-corrected chi connectivity index (χ3v) is 2.37. The zero-order valence-electron chi connectivity index (χ0n) is 9.07. The molecule has 0 saturated heterocycles. The number of nitrogens with one attached hydrogen (secondary N) is 1. The molecule has 0 aromatic heterocycles. The first-order valence-electron chi connectivity index (χ1n) is 5.05. The van der Waals surface area contributed by atoms with E-state index in [9.17, 15) is 9.59 Å². The molecule has 4 N–H and O–H groups in total. The molecular formula is C11H13ClN2O3. The summed E-state index contributed by atoms with van der Waals surface area (Å²) >= 11 is 5.75. The van der Waals surface area contributed by atoms with Crippen molar-refractivity contribution in [3.8, 4) is 0 Å². The fourth-order valence-electron chi connectivity index (χ4n) is 1.34. The number of benzene rings is 1. The molecule has 0 radical (unpaired) electrons. The second kappa shape index (κ2) is 6.10. The molecule has 1 aromatic rings. The molecule has 1 rings (SSSR count). The lowest BCUT2D eigenvalue weighted by atomic mass is 10.1. The van der Waals surface area contributed by atoms with Crippen LogP contribution in [0.3, 0.4) is 0 Å². The highest BCUT2D eigenvalue weighted by atomic mass is 35.5. The van der Waals surface area contributed by atoms with Crippen LogP contribution in [0.5, 0.6) is 0 Å². The molecule has 0 unspecified atom stereocenters. The van der Waals surface area contributed by atoms with E-state index < -0.39 is 11.9 Å². The molecule has 17 heavy (non-hydrogen) atoms. The van der Waals surface area contributed by atoms with E-state index in [1.807, 2.05) is 0 Å². The standard InChI is InChI=1S/C11H13ClN2O3/c12-7-3-4-9(8(6-7)11(13)17)14-5-1-2-10(15)16/h3-4,6,14H,1-2,5H2,(H2,13,17)(H,15,16). The van der Waals surface area contributed by atoms with E-state index in [0.29, 0.717) is 29.2 Å². The summed E-state index contributed by atoms with van der Waals surface area (Å²) in [4.78, 5) is 21.5. The lowest BCUT2D eigenvalue weighted by Gasteiger charge is -2.09. The zero-order valence-corrected chi connectivity index (χ0v) is 9.83. The summed E-state index contributed by atoms with van der Waals surface area (Å²) < 4.78 is 0. The van der Waals surface area contributed by atoms with Crippen molar-refractivity contribution in [2.75, 3.05) is 11.9 Å². The van der Waals surface area contributed by atoms with Gasteiger partial charge in [0.1, 0.15) is 0 Å². The molecule has 6 heteroatoms. The second-order valence-corrected chi connectivity index (χ2v) is 3.91. The van der Waals surface area contributed by atoms with Crippen LogP contribution in [0.15, 0.2) is 18.2 Å². The Bertz CT molecular complexity index is 435. The number of nitrogens with two attached hydrogens (primary N) is 1. The number of carbonyl (C=O) groups is 2. The summed E-state index contributed by atoms with van der Waals surface area (Å²) in [6.07, 6.45) is 0.544. The highest BCUT2D eigenvalue weighted by Crippen LogP contribution is 2.20. The Morgan fingerprint density at radius 1 is 1.41 bits per heavy atom. The summed E-state index contributed by atoms with van der Waals surface area (Å²) in [5.74, 6) is -1.42. The fraction of sp³-hybridized carbons (Fsp3) is 0.273. The quantitative estimate of drug-likeness (QED) is 0.676. The average Bonchev–Trinajstić information content (AvgIpc) is 2.25. The minimum atomic E-state index is -0.849. The van der Waals surface area contributed by atoms with Crippen molar-refractivity contribution in [2.45, 2.75) is 12.8 Å². The Morgan fingerprint density at radius 3 is 2.71 bits per heavy atom. The number of hydrogen-bond donors (Lipinski definition) is 3. The molecule has 0 aliphatic heterocycles. The third kappa shape index (κ3) is 4.32. The second-order valence-electron chi connectivity index (χ2n) is 3.48. The van der Waals surface area contributed by atoms with Gasteiger partial charge in [-0.05, 0) is 24.6 Å². The molecule has 0 fully saturated rings. The van der Waals surface area contributed by atoms with Crippen LogP contribution in [-0.2, 0) is 4.79 Å². The number of carboxylic acids is 1. The zero-order chi connectivity index (χ0) is 12.8. The van der Waals surface area contributed by atoms with Crippen molar-refractivity contribution in [1.82, 2.24) is 0 Å². The van der Waals surface area contributed by atoms with Crippen LogP contribution in [0, 0.1) is 0 Å². The molecule has 0 aliphatic carbocycles. The molecule has 1 aromatic carbocycles. The molecule has 0 heterocycles. The monoisotopic (exact) mass is 256 g/mol. The van der Waals surface area contributed by atoms with Crippen LogP contribution in [0.1, 0.15) is 23.2 Å². The minimum absolute atomic E-state index is 0.0759. The van der Waals surface area contributed by atoms with E-state index in [-0.39, 0.29) is 6.42 Å². The Labute approximate surface area is 104 Å². The summed E-state index contributed by atoms with van der Waals surface area (Å²) in [6.45, 7) is 0.453. The normalized spacial score (nSPS) is 9.94. The maximum atomic E-state index is 11.1. The van der Waals surface area contributed by atoms with Gasteiger partial charge in [-0.25, -0.2) is 0 Å². The van der Waals surface area contributed by atoms with Gasteiger partial charge in [0.2, 0.25) is 0 Å². The fourth-order valence-corrected chi connectivity index (χ4v) is 1.51. The van der Waals surface area contributed by atoms with E-state index >= 15 is 0 Å². The topological polar surface area (TPSA) is 92.4 Å². The number of carbonyl (C=O) groups excluding carboxylic acids is 1. The molecule has 0 atom stereocenters. The first kappa shape index (κ1) is 13.3. The smallest absolute Gasteiger partial charge is 0.303 e. The first-order valence-corrected chi connectivity index (χ1v) is 5.43. The van der Waals surface area contributed by atoms with Crippen LogP contribution < -0.4 is 11.1 Å². The van der Waals surface area contributed by atoms with Gasteiger partial charge in [0.05, 0.1) is 5.56 Å². The van der Waals surface area contributed by atoms with Gasteiger partial charge in [0.25, 0.3) is 5.91 Å². The van der Waals surface area contributed by atoms with Gasteiger partial charge < -0.3 is 16.2 Å². The number of hydrogen-bond acceptors (Lipinski definition) is 3. The van der Waals surface area contributed by atoms with Crippen LogP contribution in [0.25, 0.3) is 0 Å². The molecule has 0 saturated carbocycles. The number of primary amides is 1. The van der Waals surface area contributed by atoms with Crippen molar-refractivity contribution >= 4 is 29.2 Å². The van der Waals surface area contributed by atoms with Gasteiger partial charge in [-0.3, -0.25) is 9.59 Å². The molecule has 92 valence electrons. The van der Waals surface area contributed by atoms with Crippen LogP contribution in [0.4, 0.5) is 5.69 Å². The lowest BCUT2D eigenvalue weighted by Crippen LogP contribution is -2.15. The first-order chi connectivity index (χ1) is 8.00. The molecule has 0 bridgehead atoms. The van der Waals surface area contributed by atoms with Gasteiger partial charge in [-0.2, -0.15) is 0 Å². The van der Waals surface area contributed by atoms with Crippen molar-refractivity contribution in [2.24, 2.45) is 5.73 Å². The predicted octanol–water partition coefficient (Wildman–Crippen LogP) is 1.72. The Kier molecular flexibility index (Phi) is 4.78. The molecule has 5 nitrogen and oxygen atoms in total. The largest absolute Gasteiger partial charge is 0.481 e. The van der Waals surface area contributed by atoms with E-state index in [2.05, 4.69) is 5.32 Å². The van der Waals surface area contributed by atoms with Crippen molar-refractivity contribution in [3.05, 3.63) is 28.8 Å². The Hall–Kier alpha value is -1.75. The van der Waals surface area contributed by atoms with Gasteiger partial charge >= 0.3 is 5.97 Å². The van der Waals surface area contributed by atoms with Crippen LogP contribution >= 0.6 is 11.6 Å². The SMILES string of the molecule is NC(=O)c1cc(Cl)ccc1NCCCC(=O)O. The highest BCUT2D eigenvalue weighted by Gasteiger charge is 2.08. The predicted molar refractivity (Wildman–Crippen MR) is 65.3 cm³/mol. The lowest BCUT2D eigenvalue weighted by molar-refractivity contribution is -0.137. The van der Waals surface area contributed by atoms with Gasteiger partial charge in [-0.15, -0.1) is 0 Å². The maximum Gasteiger partial charge on any atom is 0.303 e. The maximum absolute atomic E-state index is 11.1. The number of rotatable bonds is 6. The van der Waals surface area contributed by atoms with Crippen molar-refractivity contribution in [3.63, 3.8) is 0 Å². The van der Waals surface area contributed by atoms with E-state index in [1.54, 1.807) is 12.1 Å². The summed E-state index contributed by atoms with van der Waals surface area (Å²) in [7, 11) is 0. The van der Waals surface area contributed by atoms with Crippen LogP contribution in [-0.4, -0.2) is 23.5 Å². The average molecular weight is 257 g/mol. The number of carboxylic acid groups (broad SMARTS) is 1. The van der Waals surface area contributed by atoms with Gasteiger partial charge in [0, 0.05) is 23.7 Å². The summed E-state index contributed by atoms with van der Waals surface area (Å²) in [6, 6.07) is 4.75. The van der Waals surface area contributed by atoms with E-state index in [0.717, 1.165) is 0 Å². The third-order valence-electron chi connectivity index (χ3n) is 2.13. The number of aliphatic carboxylic acids is 1.